The number of benzene rings is 1. The average molecular weight is 308 g/mol. The van der Waals surface area contributed by atoms with Crippen molar-refractivity contribution in [2.45, 2.75) is 25.7 Å². The van der Waals surface area contributed by atoms with E-state index in [9.17, 15) is 13.2 Å². The molecule has 0 aliphatic rings. The molecule has 0 atom stereocenters. The third-order valence-electron chi connectivity index (χ3n) is 3.29. The Morgan fingerprint density at radius 1 is 1.29 bits per heavy atom. The molecule has 0 unspecified atom stereocenters. The van der Waals surface area contributed by atoms with Gasteiger partial charge < -0.3 is 5.32 Å². The van der Waals surface area contributed by atoms with E-state index < -0.39 is 10.0 Å². The van der Waals surface area contributed by atoms with Crippen molar-refractivity contribution >= 4 is 21.6 Å². The van der Waals surface area contributed by atoms with Gasteiger partial charge in [-0.15, -0.1) is 0 Å². The second-order valence-electron chi connectivity index (χ2n) is 4.82. The van der Waals surface area contributed by atoms with Gasteiger partial charge >= 0.3 is 0 Å². The predicted octanol–water partition coefficient (Wildman–Crippen LogP) is 1.23. The lowest BCUT2D eigenvalue weighted by molar-refractivity contribution is 0.102. The number of H-pyrrole nitrogens is 1. The van der Waals surface area contributed by atoms with Crippen molar-refractivity contribution in [1.82, 2.24) is 10.2 Å². The van der Waals surface area contributed by atoms with Gasteiger partial charge in [0.25, 0.3) is 5.91 Å². The molecular weight excluding hydrogens is 292 g/mol. The topological polar surface area (TPSA) is 118 Å². The van der Waals surface area contributed by atoms with Gasteiger partial charge in [-0.1, -0.05) is 0 Å². The minimum Gasteiger partial charge on any atom is -0.322 e. The first kappa shape index (κ1) is 15.2. The smallest absolute Gasteiger partial charge is 0.259 e. The molecule has 0 bridgehead atoms. The first-order valence-corrected chi connectivity index (χ1v) is 7.70. The summed E-state index contributed by atoms with van der Waals surface area (Å²) in [4.78, 5) is 12.1. The average Bonchev–Trinajstić information content (AvgIpc) is 2.79. The minimum absolute atomic E-state index is 0.0372. The van der Waals surface area contributed by atoms with Crippen LogP contribution in [0.2, 0.25) is 0 Å². The van der Waals surface area contributed by atoms with Crippen LogP contribution in [0.15, 0.2) is 23.2 Å². The highest BCUT2D eigenvalue weighted by molar-refractivity contribution is 7.89. The van der Waals surface area contributed by atoms with Crippen LogP contribution in [0.3, 0.4) is 0 Å². The molecule has 2 aromatic rings. The quantitative estimate of drug-likeness (QED) is 0.790. The van der Waals surface area contributed by atoms with Crippen molar-refractivity contribution in [3.63, 3.8) is 0 Å². The number of nitrogens with zero attached hydrogens (tertiary/aromatic N) is 1. The Bertz CT molecular complexity index is 809. The van der Waals surface area contributed by atoms with E-state index in [2.05, 4.69) is 15.5 Å². The fraction of sp³-hybridized carbons (Fsp3) is 0.231. The van der Waals surface area contributed by atoms with Gasteiger partial charge in [0.05, 0.1) is 16.7 Å². The number of aromatic amines is 1. The number of nitrogens with one attached hydrogen (secondary N) is 2. The van der Waals surface area contributed by atoms with E-state index in [0.29, 0.717) is 16.9 Å². The van der Waals surface area contributed by atoms with Crippen molar-refractivity contribution in [1.29, 1.82) is 0 Å². The zero-order valence-corrected chi connectivity index (χ0v) is 12.7. The molecule has 7 nitrogen and oxygen atoms in total. The second-order valence-corrected chi connectivity index (χ2v) is 6.38. The number of carbonyl (C=O) groups is 1. The van der Waals surface area contributed by atoms with Crippen LogP contribution in [-0.4, -0.2) is 24.5 Å². The van der Waals surface area contributed by atoms with Crippen molar-refractivity contribution < 1.29 is 13.2 Å². The number of aromatic nitrogens is 2. The molecule has 0 fully saturated rings. The first-order chi connectivity index (χ1) is 9.70. The molecular formula is C13H16N4O3S. The van der Waals surface area contributed by atoms with E-state index in [1.165, 1.54) is 18.3 Å². The maximum atomic E-state index is 12.2. The number of hydrogen-bond donors (Lipinski definition) is 3. The third-order valence-corrected chi connectivity index (χ3v) is 4.18. The Morgan fingerprint density at radius 3 is 2.48 bits per heavy atom. The zero-order valence-electron chi connectivity index (χ0n) is 11.9. The molecule has 1 amide bonds. The molecule has 21 heavy (non-hydrogen) atoms. The number of primary sulfonamides is 1. The van der Waals surface area contributed by atoms with Gasteiger partial charge in [-0.3, -0.25) is 9.89 Å². The highest BCUT2D eigenvalue weighted by atomic mass is 32.2. The van der Waals surface area contributed by atoms with Gasteiger partial charge in [0.15, 0.2) is 0 Å². The number of rotatable bonds is 3. The Labute approximate surface area is 122 Å². The number of sulfonamides is 1. The van der Waals surface area contributed by atoms with E-state index in [1.54, 1.807) is 20.8 Å². The molecule has 0 radical (unpaired) electrons. The monoisotopic (exact) mass is 308 g/mol. The lowest BCUT2D eigenvalue weighted by Crippen LogP contribution is -2.16. The molecule has 8 heteroatoms. The van der Waals surface area contributed by atoms with E-state index in [-0.39, 0.29) is 10.8 Å². The van der Waals surface area contributed by atoms with Crippen LogP contribution in [-0.2, 0) is 10.0 Å². The molecule has 0 spiro atoms. The van der Waals surface area contributed by atoms with Crippen molar-refractivity contribution in [3.05, 3.63) is 40.7 Å². The predicted molar refractivity (Wildman–Crippen MR) is 78.6 cm³/mol. The molecule has 1 aromatic carbocycles. The van der Waals surface area contributed by atoms with E-state index in [4.69, 9.17) is 5.14 Å². The molecule has 0 saturated heterocycles. The Balaban J connectivity index is 2.43. The van der Waals surface area contributed by atoms with Crippen molar-refractivity contribution in [3.8, 4) is 0 Å². The number of hydrogen-bond acceptors (Lipinski definition) is 4. The van der Waals surface area contributed by atoms with Crippen LogP contribution in [0.25, 0.3) is 0 Å². The first-order valence-electron chi connectivity index (χ1n) is 6.15. The zero-order chi connectivity index (χ0) is 15.8. The number of nitrogens with two attached hydrogens (primary N) is 1. The summed E-state index contributed by atoms with van der Waals surface area (Å²) in [6.07, 6.45) is 1.41. The van der Waals surface area contributed by atoms with E-state index in [0.717, 1.165) is 11.1 Å². The molecule has 112 valence electrons. The van der Waals surface area contributed by atoms with Gasteiger partial charge in [0.1, 0.15) is 0 Å². The molecule has 1 heterocycles. The van der Waals surface area contributed by atoms with Gasteiger partial charge in [0.2, 0.25) is 10.0 Å². The van der Waals surface area contributed by atoms with Crippen LogP contribution in [0.4, 0.5) is 5.69 Å². The van der Waals surface area contributed by atoms with Crippen LogP contribution in [0, 0.1) is 20.8 Å². The second kappa shape index (κ2) is 5.30. The maximum absolute atomic E-state index is 12.2. The molecule has 0 aliphatic heterocycles. The largest absolute Gasteiger partial charge is 0.322 e. The molecule has 4 N–H and O–H groups in total. The molecule has 0 saturated carbocycles. The highest BCUT2D eigenvalue weighted by Crippen LogP contribution is 2.24. The highest BCUT2D eigenvalue weighted by Gasteiger charge is 2.16. The molecule has 1 aromatic heterocycles. The maximum Gasteiger partial charge on any atom is 0.259 e. The molecule has 0 aliphatic carbocycles. The SMILES string of the molecule is Cc1cc(S(N)(=O)=O)cc(NC(=O)c2cn[nH]c2C)c1C. The Hall–Kier alpha value is -2.19. The van der Waals surface area contributed by atoms with Gasteiger partial charge in [0, 0.05) is 11.4 Å². The lowest BCUT2D eigenvalue weighted by atomic mass is 10.1. The van der Waals surface area contributed by atoms with Crippen molar-refractivity contribution in [2.24, 2.45) is 5.14 Å². The number of carbonyl (C=O) groups excluding carboxylic acids is 1. The van der Waals surface area contributed by atoms with E-state index in [1.807, 2.05) is 0 Å². The fourth-order valence-corrected chi connectivity index (χ4v) is 2.51. The summed E-state index contributed by atoms with van der Waals surface area (Å²) >= 11 is 0. The summed E-state index contributed by atoms with van der Waals surface area (Å²) in [5, 5.41) is 14.3. The minimum atomic E-state index is -3.83. The summed E-state index contributed by atoms with van der Waals surface area (Å²) in [7, 11) is -3.83. The number of amides is 1. The van der Waals surface area contributed by atoms with Crippen molar-refractivity contribution in [2.75, 3.05) is 5.32 Å². The standard InChI is InChI=1S/C13H16N4O3S/c1-7-4-10(21(14,19)20)5-12(8(7)2)16-13(18)11-6-15-17-9(11)3/h4-6H,1-3H3,(H,15,17)(H,16,18)(H2,14,19,20). The van der Waals surface area contributed by atoms with Crippen LogP contribution in [0.1, 0.15) is 27.2 Å². The number of aryl methyl sites for hydroxylation is 2. The Morgan fingerprint density at radius 2 is 1.95 bits per heavy atom. The molecule has 2 rings (SSSR count). The van der Waals surface area contributed by atoms with Gasteiger partial charge in [-0.25, -0.2) is 13.6 Å². The normalized spacial score (nSPS) is 11.4. The van der Waals surface area contributed by atoms with Gasteiger partial charge in [-0.05, 0) is 44.0 Å². The third kappa shape index (κ3) is 3.11. The van der Waals surface area contributed by atoms with E-state index >= 15 is 0 Å². The fourth-order valence-electron chi connectivity index (χ4n) is 1.89. The van der Waals surface area contributed by atoms with Crippen LogP contribution >= 0.6 is 0 Å². The van der Waals surface area contributed by atoms with Crippen LogP contribution < -0.4 is 10.5 Å². The Kier molecular flexibility index (Phi) is 3.84. The number of anilines is 1. The summed E-state index contributed by atoms with van der Waals surface area (Å²) in [6, 6.07) is 2.83. The summed E-state index contributed by atoms with van der Waals surface area (Å²) in [5.74, 6) is -0.365. The summed E-state index contributed by atoms with van der Waals surface area (Å²) in [5.41, 5.74) is 2.93. The summed E-state index contributed by atoms with van der Waals surface area (Å²) < 4.78 is 22.9. The van der Waals surface area contributed by atoms with Gasteiger partial charge in [-0.2, -0.15) is 5.10 Å². The summed E-state index contributed by atoms with van der Waals surface area (Å²) in [6.45, 7) is 5.27. The van der Waals surface area contributed by atoms with Crippen LogP contribution in [0.5, 0.6) is 0 Å². The lowest BCUT2D eigenvalue weighted by Gasteiger charge is -2.12.